The average molecular weight is 330 g/mol. The summed E-state index contributed by atoms with van der Waals surface area (Å²) in [6.07, 6.45) is -0.810. The number of benzene rings is 2. The Balaban J connectivity index is 1.94. The zero-order valence-corrected chi connectivity index (χ0v) is 13.8. The lowest BCUT2D eigenvalue weighted by atomic mass is 10.1. The Morgan fingerprint density at radius 3 is 2.54 bits per heavy atom. The van der Waals surface area contributed by atoms with Crippen molar-refractivity contribution in [2.75, 3.05) is 13.2 Å². The van der Waals surface area contributed by atoms with Crippen LogP contribution in [-0.4, -0.2) is 23.2 Å². The number of hydrogen-bond donors (Lipinski definition) is 2. The molecule has 2 rings (SSSR count). The molecule has 0 fully saturated rings. The smallest absolute Gasteiger partial charge is 0.269 e. The second-order valence-electron chi connectivity index (χ2n) is 5.50. The lowest BCUT2D eigenvalue weighted by Crippen LogP contribution is -2.24. The van der Waals surface area contributed by atoms with Gasteiger partial charge in [0.25, 0.3) is 5.69 Å². The molecule has 0 amide bonds. The van der Waals surface area contributed by atoms with Gasteiger partial charge in [-0.3, -0.25) is 10.1 Å². The van der Waals surface area contributed by atoms with Crippen molar-refractivity contribution in [1.29, 1.82) is 0 Å². The van der Waals surface area contributed by atoms with E-state index >= 15 is 0 Å². The van der Waals surface area contributed by atoms with Crippen molar-refractivity contribution in [2.45, 2.75) is 26.0 Å². The molecule has 0 aliphatic heterocycles. The van der Waals surface area contributed by atoms with Gasteiger partial charge in [0.15, 0.2) is 0 Å². The number of rotatable bonds is 8. The van der Waals surface area contributed by atoms with Crippen molar-refractivity contribution in [2.24, 2.45) is 0 Å². The highest BCUT2D eigenvalue weighted by Gasteiger charge is 2.14. The van der Waals surface area contributed by atoms with E-state index in [4.69, 9.17) is 4.74 Å². The molecule has 0 spiro atoms. The molecule has 0 aromatic heterocycles. The maximum absolute atomic E-state index is 10.8. The van der Waals surface area contributed by atoms with Gasteiger partial charge in [0.2, 0.25) is 0 Å². The molecule has 2 aromatic carbocycles. The molecular formula is C18H22N2O4. The molecular weight excluding hydrogens is 308 g/mol. The van der Waals surface area contributed by atoms with Crippen molar-refractivity contribution in [3.8, 4) is 5.75 Å². The molecule has 0 bridgehead atoms. The fourth-order valence-corrected chi connectivity index (χ4v) is 2.39. The third kappa shape index (κ3) is 4.78. The van der Waals surface area contributed by atoms with Crippen LogP contribution in [0.1, 0.15) is 37.1 Å². The van der Waals surface area contributed by atoms with Gasteiger partial charge in [-0.1, -0.05) is 24.3 Å². The second-order valence-corrected chi connectivity index (χ2v) is 5.50. The van der Waals surface area contributed by atoms with Crippen LogP contribution in [0.5, 0.6) is 5.75 Å². The van der Waals surface area contributed by atoms with Gasteiger partial charge in [0.05, 0.1) is 17.6 Å². The van der Waals surface area contributed by atoms with Gasteiger partial charge in [0, 0.05) is 24.7 Å². The summed E-state index contributed by atoms with van der Waals surface area (Å²) in [6, 6.07) is 13.9. The zero-order valence-electron chi connectivity index (χ0n) is 13.8. The first-order chi connectivity index (χ1) is 11.5. The predicted octanol–water partition coefficient (Wildman–Crippen LogP) is 3.38. The number of aliphatic hydroxyl groups excluding tert-OH is 1. The number of ether oxygens (including phenoxy) is 1. The molecule has 0 radical (unpaired) electrons. The average Bonchev–Trinajstić information content (AvgIpc) is 2.60. The summed E-state index contributed by atoms with van der Waals surface area (Å²) < 4.78 is 5.41. The maximum atomic E-state index is 10.8. The number of nitrogens with one attached hydrogen (secondary N) is 1. The van der Waals surface area contributed by atoms with Crippen LogP contribution in [0, 0.1) is 10.1 Å². The Bertz CT molecular complexity index is 673. The van der Waals surface area contributed by atoms with Crippen LogP contribution in [0.2, 0.25) is 0 Å². The van der Waals surface area contributed by atoms with Crippen LogP contribution in [0.15, 0.2) is 48.5 Å². The van der Waals surface area contributed by atoms with Crippen molar-refractivity contribution in [3.63, 3.8) is 0 Å². The fourth-order valence-electron chi connectivity index (χ4n) is 2.39. The summed E-state index contributed by atoms with van der Waals surface area (Å²) in [6.45, 7) is 4.86. The first-order valence-electron chi connectivity index (χ1n) is 7.89. The summed E-state index contributed by atoms with van der Waals surface area (Å²) in [5.41, 5.74) is 1.58. The third-order valence-electron chi connectivity index (χ3n) is 3.77. The first-order valence-corrected chi connectivity index (χ1v) is 7.89. The molecule has 6 heteroatoms. The first kappa shape index (κ1) is 17.9. The van der Waals surface area contributed by atoms with Crippen molar-refractivity contribution >= 4 is 5.69 Å². The number of aliphatic hydroxyl groups is 1. The van der Waals surface area contributed by atoms with Crippen LogP contribution in [0.3, 0.4) is 0 Å². The van der Waals surface area contributed by atoms with E-state index in [0.717, 1.165) is 11.3 Å². The minimum atomic E-state index is -0.810. The normalized spacial score (nSPS) is 13.3. The fraction of sp³-hybridized carbons (Fsp3) is 0.333. The Kier molecular flexibility index (Phi) is 6.28. The predicted molar refractivity (Wildman–Crippen MR) is 92.1 cm³/mol. The summed E-state index contributed by atoms with van der Waals surface area (Å²) in [4.78, 5) is 10.3. The minimum absolute atomic E-state index is 0.0221. The largest absolute Gasteiger partial charge is 0.494 e. The minimum Gasteiger partial charge on any atom is -0.494 e. The van der Waals surface area contributed by atoms with Gasteiger partial charge >= 0.3 is 0 Å². The number of nitro benzene ring substituents is 1. The van der Waals surface area contributed by atoms with E-state index in [1.165, 1.54) is 12.1 Å². The highest BCUT2D eigenvalue weighted by Crippen LogP contribution is 2.21. The quantitative estimate of drug-likeness (QED) is 0.572. The molecule has 0 aliphatic rings. The number of hydrogen-bond acceptors (Lipinski definition) is 5. The summed E-state index contributed by atoms with van der Waals surface area (Å²) in [5.74, 6) is 0.824. The van der Waals surface area contributed by atoms with Gasteiger partial charge in [-0.25, -0.2) is 0 Å². The molecule has 24 heavy (non-hydrogen) atoms. The molecule has 128 valence electrons. The Labute approximate surface area is 141 Å². The molecule has 0 aliphatic carbocycles. The third-order valence-corrected chi connectivity index (χ3v) is 3.77. The highest BCUT2D eigenvalue weighted by molar-refractivity contribution is 5.35. The topological polar surface area (TPSA) is 84.6 Å². The van der Waals surface area contributed by atoms with Crippen LogP contribution >= 0.6 is 0 Å². The Hall–Kier alpha value is -2.44. The van der Waals surface area contributed by atoms with Gasteiger partial charge < -0.3 is 15.2 Å². The SMILES string of the molecule is CCOc1ccc(C(C)NCC(O)c2cccc([N+](=O)[O-])c2)cc1. The van der Waals surface area contributed by atoms with E-state index in [1.807, 2.05) is 38.1 Å². The molecule has 0 heterocycles. The number of nitro groups is 1. The molecule has 2 unspecified atom stereocenters. The van der Waals surface area contributed by atoms with Gasteiger partial charge in [-0.05, 0) is 37.1 Å². The molecule has 0 saturated carbocycles. The van der Waals surface area contributed by atoms with Crippen LogP contribution in [-0.2, 0) is 0 Å². The van der Waals surface area contributed by atoms with E-state index in [-0.39, 0.29) is 11.7 Å². The van der Waals surface area contributed by atoms with E-state index in [1.54, 1.807) is 12.1 Å². The van der Waals surface area contributed by atoms with Crippen molar-refractivity contribution in [1.82, 2.24) is 5.32 Å². The van der Waals surface area contributed by atoms with Gasteiger partial charge in [0.1, 0.15) is 5.75 Å². The summed E-state index contributed by atoms with van der Waals surface area (Å²) in [7, 11) is 0. The molecule has 2 aromatic rings. The highest BCUT2D eigenvalue weighted by atomic mass is 16.6. The Morgan fingerprint density at radius 2 is 1.92 bits per heavy atom. The van der Waals surface area contributed by atoms with Gasteiger partial charge in [-0.15, -0.1) is 0 Å². The molecule has 2 N–H and O–H groups in total. The molecule has 2 atom stereocenters. The monoisotopic (exact) mass is 330 g/mol. The van der Waals surface area contributed by atoms with E-state index in [9.17, 15) is 15.2 Å². The van der Waals surface area contributed by atoms with Crippen LogP contribution in [0.25, 0.3) is 0 Å². The number of nitrogens with zero attached hydrogens (tertiary/aromatic N) is 1. The van der Waals surface area contributed by atoms with E-state index < -0.39 is 11.0 Å². The zero-order chi connectivity index (χ0) is 17.5. The lowest BCUT2D eigenvalue weighted by Gasteiger charge is -2.18. The molecule has 0 saturated heterocycles. The van der Waals surface area contributed by atoms with Crippen LogP contribution < -0.4 is 10.1 Å². The summed E-state index contributed by atoms with van der Waals surface area (Å²) >= 11 is 0. The van der Waals surface area contributed by atoms with Crippen LogP contribution in [0.4, 0.5) is 5.69 Å². The Morgan fingerprint density at radius 1 is 1.21 bits per heavy atom. The second kappa shape index (κ2) is 8.42. The standard InChI is InChI=1S/C18H22N2O4/c1-3-24-17-9-7-14(8-10-17)13(2)19-12-18(21)15-5-4-6-16(11-15)20(22)23/h4-11,13,18-19,21H,3,12H2,1-2H3. The summed E-state index contributed by atoms with van der Waals surface area (Å²) in [5, 5.41) is 24.3. The van der Waals surface area contributed by atoms with Crippen molar-refractivity contribution < 1.29 is 14.8 Å². The lowest BCUT2D eigenvalue weighted by molar-refractivity contribution is -0.385. The van der Waals surface area contributed by atoms with E-state index in [0.29, 0.717) is 18.7 Å². The number of non-ortho nitro benzene ring substituents is 1. The molecule has 6 nitrogen and oxygen atoms in total. The van der Waals surface area contributed by atoms with Gasteiger partial charge in [-0.2, -0.15) is 0 Å². The van der Waals surface area contributed by atoms with E-state index in [2.05, 4.69) is 5.32 Å². The maximum Gasteiger partial charge on any atom is 0.269 e. The van der Waals surface area contributed by atoms with Crippen molar-refractivity contribution in [3.05, 3.63) is 69.8 Å².